The van der Waals surface area contributed by atoms with Crippen molar-refractivity contribution in [3.63, 3.8) is 0 Å². The lowest BCUT2D eigenvalue weighted by Gasteiger charge is -2.12. The Morgan fingerprint density at radius 3 is 2.67 bits per heavy atom. The fourth-order valence-electron chi connectivity index (χ4n) is 1.46. The number of rotatable bonds is 9. The van der Waals surface area contributed by atoms with Gasteiger partial charge in [0.25, 0.3) is 0 Å². The van der Waals surface area contributed by atoms with Gasteiger partial charge in [0, 0.05) is 23.3 Å². The van der Waals surface area contributed by atoms with Crippen molar-refractivity contribution >= 4 is 40.9 Å². The number of carbonyl (C=O) groups excluding carboxylic acids is 1. The van der Waals surface area contributed by atoms with E-state index in [0.29, 0.717) is 11.5 Å². The predicted molar refractivity (Wildman–Crippen MR) is 79.4 cm³/mol. The molecule has 9 heteroatoms. The fraction of sp³-hybridized carbons (Fsp3) is 0.500. The molecule has 116 valence electrons. The second kappa shape index (κ2) is 8.63. The third-order valence-corrected chi connectivity index (χ3v) is 4.22. The molecular weight excluding hydrogens is 316 g/mol. The molecule has 7 nitrogen and oxygen atoms in total. The molecule has 3 N–H and O–H groups in total. The van der Waals surface area contributed by atoms with Crippen LogP contribution in [0.2, 0.25) is 0 Å². The molecule has 0 saturated carbocycles. The molecule has 1 rings (SSSR count). The minimum absolute atomic E-state index is 0.136. The molecule has 0 aromatic carbocycles. The van der Waals surface area contributed by atoms with Crippen LogP contribution >= 0.6 is 23.1 Å². The molecule has 1 aromatic heterocycles. The van der Waals surface area contributed by atoms with Gasteiger partial charge in [0.05, 0.1) is 17.1 Å². The average Bonchev–Trinajstić information content (AvgIpc) is 2.79. The van der Waals surface area contributed by atoms with Crippen molar-refractivity contribution < 1.29 is 24.6 Å². The number of nitrogens with one attached hydrogen (secondary N) is 1. The molecule has 0 bridgehead atoms. The molecule has 1 heterocycles. The van der Waals surface area contributed by atoms with Crippen LogP contribution in [0.3, 0.4) is 0 Å². The predicted octanol–water partition coefficient (Wildman–Crippen LogP) is 1.12. The van der Waals surface area contributed by atoms with Crippen LogP contribution in [0.4, 0.5) is 0 Å². The standard InChI is InChI=1S/C12H16N2O5S2/c1-7-13-8(6-21-7)5-20-3-2-10(15)14-9(12(18)19)4-11(16)17/h6,9H,2-5H2,1H3,(H,14,15)(H,16,17)(H,18,19). The third-order valence-electron chi connectivity index (χ3n) is 2.40. The number of aromatic nitrogens is 1. The number of aryl methyl sites for hydroxylation is 1. The van der Waals surface area contributed by atoms with E-state index in [1.54, 1.807) is 11.3 Å². The summed E-state index contributed by atoms with van der Waals surface area (Å²) in [7, 11) is 0. The summed E-state index contributed by atoms with van der Waals surface area (Å²) in [6.45, 7) is 1.92. The Morgan fingerprint density at radius 2 is 2.14 bits per heavy atom. The Kier molecular flexibility index (Phi) is 7.17. The van der Waals surface area contributed by atoms with Gasteiger partial charge in [0.1, 0.15) is 6.04 Å². The first-order valence-electron chi connectivity index (χ1n) is 6.11. The highest BCUT2D eigenvalue weighted by Crippen LogP contribution is 2.15. The Bertz CT molecular complexity index is 518. The second-order valence-corrected chi connectivity index (χ2v) is 6.38. The van der Waals surface area contributed by atoms with Gasteiger partial charge in [0.2, 0.25) is 5.91 Å². The molecule has 0 spiro atoms. The maximum atomic E-state index is 11.6. The van der Waals surface area contributed by atoms with Crippen LogP contribution in [0.25, 0.3) is 0 Å². The van der Waals surface area contributed by atoms with E-state index >= 15 is 0 Å². The molecule has 1 unspecified atom stereocenters. The molecule has 0 saturated heterocycles. The molecule has 0 aliphatic carbocycles. The number of carboxylic acids is 2. The number of hydrogen-bond acceptors (Lipinski definition) is 6. The van der Waals surface area contributed by atoms with E-state index in [1.165, 1.54) is 11.8 Å². The lowest BCUT2D eigenvalue weighted by atomic mass is 10.2. The van der Waals surface area contributed by atoms with Crippen molar-refractivity contribution in [2.45, 2.75) is 31.6 Å². The lowest BCUT2D eigenvalue weighted by Crippen LogP contribution is -2.42. The topological polar surface area (TPSA) is 117 Å². The zero-order chi connectivity index (χ0) is 15.8. The van der Waals surface area contributed by atoms with E-state index in [4.69, 9.17) is 10.2 Å². The highest BCUT2D eigenvalue weighted by Gasteiger charge is 2.22. The van der Waals surface area contributed by atoms with E-state index in [1.807, 2.05) is 12.3 Å². The Balaban J connectivity index is 2.26. The third kappa shape index (κ3) is 7.09. The molecular formula is C12H16N2O5S2. The summed E-state index contributed by atoms with van der Waals surface area (Å²) >= 11 is 3.08. The molecule has 1 atom stereocenters. The number of hydrogen-bond donors (Lipinski definition) is 3. The first kappa shape index (κ1) is 17.4. The Hall–Kier alpha value is -1.61. The van der Waals surface area contributed by atoms with Crippen LogP contribution in [0.5, 0.6) is 0 Å². The summed E-state index contributed by atoms with van der Waals surface area (Å²) in [4.78, 5) is 37.1. The SMILES string of the molecule is Cc1nc(CSCCC(=O)NC(CC(=O)O)C(=O)O)cs1. The Labute approximate surface area is 129 Å². The van der Waals surface area contributed by atoms with Crippen molar-refractivity contribution in [1.29, 1.82) is 0 Å². The van der Waals surface area contributed by atoms with E-state index in [2.05, 4.69) is 10.3 Å². The van der Waals surface area contributed by atoms with Crippen molar-refractivity contribution in [3.8, 4) is 0 Å². The van der Waals surface area contributed by atoms with Crippen molar-refractivity contribution in [3.05, 3.63) is 16.1 Å². The normalized spacial score (nSPS) is 11.9. The van der Waals surface area contributed by atoms with Gasteiger partial charge in [-0.2, -0.15) is 11.8 Å². The van der Waals surface area contributed by atoms with Crippen LogP contribution in [0.1, 0.15) is 23.5 Å². The summed E-state index contributed by atoms with van der Waals surface area (Å²) < 4.78 is 0. The number of amides is 1. The second-order valence-electron chi connectivity index (χ2n) is 4.22. The summed E-state index contributed by atoms with van der Waals surface area (Å²) in [6, 6.07) is -1.39. The van der Waals surface area contributed by atoms with Crippen molar-refractivity contribution in [2.75, 3.05) is 5.75 Å². The van der Waals surface area contributed by atoms with Crippen LogP contribution < -0.4 is 5.32 Å². The van der Waals surface area contributed by atoms with Crippen LogP contribution in [0.15, 0.2) is 5.38 Å². The fourth-order valence-corrected chi connectivity index (χ4v) is 3.01. The Morgan fingerprint density at radius 1 is 1.43 bits per heavy atom. The van der Waals surface area contributed by atoms with E-state index in [-0.39, 0.29) is 6.42 Å². The largest absolute Gasteiger partial charge is 0.481 e. The number of aliphatic carboxylic acids is 2. The molecule has 0 aliphatic heterocycles. The van der Waals surface area contributed by atoms with Gasteiger partial charge in [-0.05, 0) is 6.92 Å². The van der Waals surface area contributed by atoms with Crippen molar-refractivity contribution in [2.24, 2.45) is 0 Å². The van der Waals surface area contributed by atoms with Gasteiger partial charge in [-0.1, -0.05) is 0 Å². The molecule has 0 fully saturated rings. The minimum Gasteiger partial charge on any atom is -0.481 e. The van der Waals surface area contributed by atoms with Gasteiger partial charge in [-0.25, -0.2) is 9.78 Å². The molecule has 1 amide bonds. The van der Waals surface area contributed by atoms with Gasteiger partial charge in [0.15, 0.2) is 0 Å². The smallest absolute Gasteiger partial charge is 0.326 e. The minimum atomic E-state index is -1.39. The number of nitrogens with zero attached hydrogens (tertiary/aromatic N) is 1. The first-order chi connectivity index (χ1) is 9.88. The highest BCUT2D eigenvalue weighted by atomic mass is 32.2. The first-order valence-corrected chi connectivity index (χ1v) is 8.14. The van der Waals surface area contributed by atoms with Crippen LogP contribution in [-0.2, 0) is 20.1 Å². The molecule has 21 heavy (non-hydrogen) atoms. The van der Waals surface area contributed by atoms with Gasteiger partial charge >= 0.3 is 11.9 Å². The maximum Gasteiger partial charge on any atom is 0.326 e. The van der Waals surface area contributed by atoms with E-state index in [0.717, 1.165) is 10.7 Å². The zero-order valence-corrected chi connectivity index (χ0v) is 13.0. The number of thiazole rings is 1. The molecule has 0 radical (unpaired) electrons. The zero-order valence-electron chi connectivity index (χ0n) is 11.4. The average molecular weight is 332 g/mol. The molecule has 1 aromatic rings. The van der Waals surface area contributed by atoms with Crippen molar-refractivity contribution in [1.82, 2.24) is 10.3 Å². The van der Waals surface area contributed by atoms with Crippen LogP contribution in [0, 0.1) is 6.92 Å². The van der Waals surface area contributed by atoms with Gasteiger partial charge in [-0.15, -0.1) is 11.3 Å². The summed E-state index contributed by atoms with van der Waals surface area (Å²) in [5, 5.41) is 22.5. The van der Waals surface area contributed by atoms with Gasteiger partial charge in [-0.3, -0.25) is 9.59 Å². The number of thioether (sulfide) groups is 1. The number of carboxylic acid groups (broad SMARTS) is 2. The van der Waals surface area contributed by atoms with E-state index in [9.17, 15) is 14.4 Å². The van der Waals surface area contributed by atoms with Crippen LogP contribution in [-0.4, -0.2) is 44.8 Å². The number of carbonyl (C=O) groups is 3. The lowest BCUT2D eigenvalue weighted by molar-refractivity contribution is -0.147. The highest BCUT2D eigenvalue weighted by molar-refractivity contribution is 7.98. The molecule has 0 aliphatic rings. The summed E-state index contributed by atoms with van der Waals surface area (Å²) in [5.74, 6) is -1.88. The maximum absolute atomic E-state index is 11.6. The quantitative estimate of drug-likeness (QED) is 0.580. The van der Waals surface area contributed by atoms with E-state index < -0.39 is 30.3 Å². The van der Waals surface area contributed by atoms with Gasteiger partial charge < -0.3 is 15.5 Å². The summed E-state index contributed by atoms with van der Waals surface area (Å²) in [6.07, 6.45) is -0.497. The summed E-state index contributed by atoms with van der Waals surface area (Å²) in [5.41, 5.74) is 0.956. The monoisotopic (exact) mass is 332 g/mol.